The standard InChI is InChI=1S/C38H23N5/c1-3-9-24(10-4-1)42-31-14-8-7-13-27(31)35-33(42)18-16-28-34-32(43(37(28)35)25-11-5-2-6-12-25)17-15-26-29-23-39-20-19-30(29)41-22-21-40-38(41)36(26)34/h1-23H. The van der Waals surface area contributed by atoms with Gasteiger partial charge in [-0.2, -0.15) is 0 Å². The lowest BCUT2D eigenvalue weighted by atomic mass is 10.0. The molecule has 0 aliphatic rings. The van der Waals surface area contributed by atoms with Crippen molar-refractivity contribution < 1.29 is 0 Å². The lowest BCUT2D eigenvalue weighted by Gasteiger charge is -2.11. The number of rotatable bonds is 2. The van der Waals surface area contributed by atoms with E-state index in [1.165, 1.54) is 38.1 Å². The van der Waals surface area contributed by atoms with E-state index >= 15 is 0 Å². The topological polar surface area (TPSA) is 40.0 Å². The second-order valence-corrected chi connectivity index (χ2v) is 11.1. The van der Waals surface area contributed by atoms with Crippen LogP contribution in [0.2, 0.25) is 0 Å². The van der Waals surface area contributed by atoms with E-state index in [4.69, 9.17) is 4.98 Å². The summed E-state index contributed by atoms with van der Waals surface area (Å²) in [6.07, 6.45) is 7.78. The maximum Gasteiger partial charge on any atom is 0.145 e. The molecule has 5 nitrogen and oxygen atoms in total. The predicted octanol–water partition coefficient (Wildman–Crippen LogP) is 9.23. The molecule has 5 aromatic carbocycles. The first-order valence-electron chi connectivity index (χ1n) is 14.5. The molecule has 0 bridgehead atoms. The highest BCUT2D eigenvalue weighted by molar-refractivity contribution is 6.33. The fourth-order valence-electron chi connectivity index (χ4n) is 7.29. The van der Waals surface area contributed by atoms with Crippen LogP contribution in [-0.4, -0.2) is 23.5 Å². The molecular formula is C38H23N5. The van der Waals surface area contributed by atoms with Gasteiger partial charge in [0.05, 0.1) is 27.6 Å². The monoisotopic (exact) mass is 549 g/mol. The molecule has 0 radical (unpaired) electrons. The number of benzene rings is 5. The fourth-order valence-corrected chi connectivity index (χ4v) is 7.29. The van der Waals surface area contributed by atoms with Crippen LogP contribution >= 0.6 is 0 Å². The zero-order valence-corrected chi connectivity index (χ0v) is 23.0. The first-order chi connectivity index (χ1) is 21.4. The maximum absolute atomic E-state index is 4.92. The summed E-state index contributed by atoms with van der Waals surface area (Å²) in [6, 6.07) is 41.3. The van der Waals surface area contributed by atoms with Crippen LogP contribution in [0.15, 0.2) is 140 Å². The third-order valence-electron chi connectivity index (χ3n) is 8.97. The Morgan fingerprint density at radius 1 is 0.442 bits per heavy atom. The first-order valence-corrected chi connectivity index (χ1v) is 14.5. The Labute approximate surface area is 245 Å². The van der Waals surface area contributed by atoms with Crippen molar-refractivity contribution in [3.8, 4) is 11.4 Å². The van der Waals surface area contributed by atoms with Gasteiger partial charge in [0, 0.05) is 68.5 Å². The van der Waals surface area contributed by atoms with E-state index in [2.05, 4.69) is 140 Å². The summed E-state index contributed by atoms with van der Waals surface area (Å²) in [5.74, 6) is 0. The van der Waals surface area contributed by atoms with Gasteiger partial charge < -0.3 is 9.13 Å². The largest absolute Gasteiger partial charge is 0.309 e. The van der Waals surface area contributed by atoms with Crippen molar-refractivity contribution in [1.29, 1.82) is 0 Å². The second kappa shape index (κ2) is 8.30. The Bertz CT molecular complexity index is 2710. The average molecular weight is 550 g/mol. The highest BCUT2D eigenvalue weighted by Gasteiger charge is 2.23. The molecule has 0 saturated heterocycles. The van der Waals surface area contributed by atoms with Crippen LogP contribution in [0.5, 0.6) is 0 Å². The molecular weight excluding hydrogens is 526 g/mol. The Balaban J connectivity index is 1.51. The summed E-state index contributed by atoms with van der Waals surface area (Å²) in [4.78, 5) is 9.44. The van der Waals surface area contributed by atoms with Gasteiger partial charge in [-0.05, 0) is 53.9 Å². The van der Waals surface area contributed by atoms with Gasteiger partial charge in [0.1, 0.15) is 5.65 Å². The summed E-state index contributed by atoms with van der Waals surface area (Å²) in [5, 5.41) is 8.32. The van der Waals surface area contributed by atoms with Crippen LogP contribution in [0.3, 0.4) is 0 Å². The lowest BCUT2D eigenvalue weighted by Crippen LogP contribution is -1.95. The van der Waals surface area contributed by atoms with Crippen molar-refractivity contribution in [3.63, 3.8) is 0 Å². The molecule has 0 amide bonds. The van der Waals surface area contributed by atoms with Crippen molar-refractivity contribution >= 4 is 70.9 Å². The summed E-state index contributed by atoms with van der Waals surface area (Å²) in [5.41, 5.74) is 9.08. The van der Waals surface area contributed by atoms with Gasteiger partial charge in [-0.25, -0.2) is 4.98 Å². The minimum atomic E-state index is 0.957. The predicted molar refractivity (Wildman–Crippen MR) is 177 cm³/mol. The van der Waals surface area contributed by atoms with E-state index in [1.54, 1.807) is 0 Å². The third-order valence-corrected chi connectivity index (χ3v) is 8.97. The number of hydrogen-bond donors (Lipinski definition) is 0. The highest BCUT2D eigenvalue weighted by atomic mass is 15.0. The Morgan fingerprint density at radius 3 is 1.95 bits per heavy atom. The molecule has 10 aromatic rings. The number of nitrogens with zero attached hydrogens (tertiary/aromatic N) is 5. The van der Waals surface area contributed by atoms with Gasteiger partial charge in [0.2, 0.25) is 0 Å². The van der Waals surface area contributed by atoms with E-state index in [9.17, 15) is 0 Å². The Morgan fingerprint density at radius 2 is 1.14 bits per heavy atom. The van der Waals surface area contributed by atoms with Gasteiger partial charge in [0.25, 0.3) is 0 Å². The molecule has 5 heteroatoms. The summed E-state index contributed by atoms with van der Waals surface area (Å²) >= 11 is 0. The van der Waals surface area contributed by atoms with Crippen LogP contribution in [0, 0.1) is 0 Å². The number of aromatic nitrogens is 5. The van der Waals surface area contributed by atoms with Crippen molar-refractivity contribution in [3.05, 3.63) is 140 Å². The van der Waals surface area contributed by atoms with E-state index in [0.29, 0.717) is 0 Å². The number of hydrogen-bond acceptors (Lipinski definition) is 2. The minimum Gasteiger partial charge on any atom is -0.309 e. The second-order valence-electron chi connectivity index (χ2n) is 11.1. The Kier molecular flexibility index (Phi) is 4.39. The molecule has 43 heavy (non-hydrogen) atoms. The normalized spacial score (nSPS) is 12.2. The average Bonchev–Trinajstić information content (AvgIpc) is 3.78. The van der Waals surface area contributed by atoms with Gasteiger partial charge in [-0.1, -0.05) is 66.7 Å². The molecule has 0 N–H and O–H groups in total. The van der Waals surface area contributed by atoms with Gasteiger partial charge in [-0.15, -0.1) is 0 Å². The SMILES string of the molecule is c1ccc(-n2c3ccccc3c3c2ccc2c4c5c(ccc4n(-c4ccccc4)c23)c2cnccc2n2ccnc52)cc1. The molecule has 0 aliphatic carbocycles. The summed E-state index contributed by atoms with van der Waals surface area (Å²) < 4.78 is 7.03. The van der Waals surface area contributed by atoms with E-state index in [1.807, 2.05) is 18.6 Å². The van der Waals surface area contributed by atoms with Crippen LogP contribution in [-0.2, 0) is 0 Å². The zero-order chi connectivity index (χ0) is 28.1. The van der Waals surface area contributed by atoms with Crippen molar-refractivity contribution in [2.24, 2.45) is 0 Å². The van der Waals surface area contributed by atoms with Crippen LogP contribution in [0.25, 0.3) is 82.3 Å². The number of fused-ring (bicyclic) bond motifs is 14. The van der Waals surface area contributed by atoms with E-state index < -0.39 is 0 Å². The molecule has 0 aliphatic heterocycles. The maximum atomic E-state index is 4.92. The van der Waals surface area contributed by atoms with Gasteiger partial charge in [-0.3, -0.25) is 9.38 Å². The molecule has 0 atom stereocenters. The molecule has 0 spiro atoms. The summed E-state index contributed by atoms with van der Waals surface area (Å²) in [7, 11) is 0. The molecule has 5 aromatic heterocycles. The van der Waals surface area contributed by atoms with Crippen LogP contribution in [0.4, 0.5) is 0 Å². The van der Waals surface area contributed by atoms with Crippen molar-refractivity contribution in [1.82, 2.24) is 23.5 Å². The molecule has 200 valence electrons. The van der Waals surface area contributed by atoms with Crippen LogP contribution in [0.1, 0.15) is 0 Å². The number of pyridine rings is 2. The minimum absolute atomic E-state index is 0.957. The quantitative estimate of drug-likeness (QED) is 0.202. The molecule has 10 rings (SSSR count). The molecule has 0 fully saturated rings. The smallest absolute Gasteiger partial charge is 0.145 e. The van der Waals surface area contributed by atoms with E-state index in [0.717, 1.165) is 44.2 Å². The summed E-state index contributed by atoms with van der Waals surface area (Å²) in [6.45, 7) is 0. The number of para-hydroxylation sites is 3. The molecule has 0 unspecified atom stereocenters. The van der Waals surface area contributed by atoms with Crippen molar-refractivity contribution in [2.75, 3.05) is 0 Å². The van der Waals surface area contributed by atoms with Crippen molar-refractivity contribution in [2.45, 2.75) is 0 Å². The number of imidazole rings is 1. The highest BCUT2D eigenvalue weighted by Crippen LogP contribution is 2.45. The molecule has 5 heterocycles. The fraction of sp³-hybridized carbons (Fsp3) is 0. The van der Waals surface area contributed by atoms with Crippen LogP contribution < -0.4 is 0 Å². The van der Waals surface area contributed by atoms with Gasteiger partial charge in [0.15, 0.2) is 0 Å². The van der Waals surface area contributed by atoms with E-state index in [-0.39, 0.29) is 0 Å². The first kappa shape index (κ1) is 22.7. The lowest BCUT2D eigenvalue weighted by molar-refractivity contribution is 1.17. The molecule has 0 saturated carbocycles. The Hall–Kier alpha value is -5.94. The van der Waals surface area contributed by atoms with Gasteiger partial charge >= 0.3 is 0 Å². The third kappa shape index (κ3) is 2.90. The zero-order valence-electron chi connectivity index (χ0n) is 23.0.